The Hall–Kier alpha value is -2.36. The third-order valence-corrected chi connectivity index (χ3v) is 5.13. The summed E-state index contributed by atoms with van der Waals surface area (Å²) in [7, 11) is 1.96. The molecule has 3 aromatic rings. The summed E-state index contributed by atoms with van der Waals surface area (Å²) in [6.45, 7) is 12.1. The van der Waals surface area contributed by atoms with Gasteiger partial charge in [-0.3, -0.25) is 9.36 Å². The molecule has 0 saturated heterocycles. The van der Waals surface area contributed by atoms with Gasteiger partial charge in [-0.15, -0.1) is 0 Å². The number of benzene rings is 1. The van der Waals surface area contributed by atoms with Gasteiger partial charge in [-0.2, -0.15) is 10.2 Å². The molecule has 0 fully saturated rings. The lowest BCUT2D eigenvalue weighted by Crippen LogP contribution is -2.11. The van der Waals surface area contributed by atoms with E-state index in [1.165, 1.54) is 27.8 Å². The summed E-state index contributed by atoms with van der Waals surface area (Å²) in [5.41, 5.74) is 6.56. The van der Waals surface area contributed by atoms with Gasteiger partial charge < -0.3 is 0 Å². The predicted molar refractivity (Wildman–Crippen MR) is 107 cm³/mol. The molecule has 138 valence electrons. The number of rotatable bonds is 5. The van der Waals surface area contributed by atoms with Crippen LogP contribution >= 0.6 is 0 Å². The van der Waals surface area contributed by atoms with Crippen LogP contribution in [0.2, 0.25) is 0 Å². The average Bonchev–Trinajstić information content (AvgIpc) is 3.21. The lowest BCUT2D eigenvalue weighted by molar-refractivity contribution is 0.533. The van der Waals surface area contributed by atoms with E-state index in [0.29, 0.717) is 5.92 Å². The molecule has 0 spiro atoms. The molecular formula is C22H30N4. The zero-order valence-corrected chi connectivity index (χ0v) is 16.8. The largest absolute Gasteiger partial charge is 0.276 e. The van der Waals surface area contributed by atoms with Crippen molar-refractivity contribution >= 4 is 0 Å². The molecule has 0 amide bonds. The van der Waals surface area contributed by atoms with E-state index in [1.807, 2.05) is 24.1 Å². The zero-order chi connectivity index (χ0) is 18.9. The number of hydrogen-bond acceptors (Lipinski definition) is 2. The fraction of sp³-hybridized carbons (Fsp3) is 0.455. The minimum atomic E-state index is 0.150. The molecule has 0 N–H and O–H groups in total. The van der Waals surface area contributed by atoms with Crippen LogP contribution in [0.1, 0.15) is 56.7 Å². The number of aryl methyl sites for hydroxylation is 3. The standard InChI is InChI=1S/C22H30N4/c1-16(18-12-23-25(6)14-18)9-10-26-15-19(13-24-26)21-11-20(22(3,4)5)8-7-17(21)2/h7-8,11-16H,9-10H2,1-6H3. The molecule has 0 radical (unpaired) electrons. The molecule has 0 aliphatic carbocycles. The SMILES string of the molecule is Cc1ccc(C(C)(C)C)cc1-c1cnn(CCC(C)c2cnn(C)c2)c1. The van der Waals surface area contributed by atoms with Crippen LogP contribution in [0.5, 0.6) is 0 Å². The van der Waals surface area contributed by atoms with Crippen LogP contribution in [0.15, 0.2) is 43.0 Å². The van der Waals surface area contributed by atoms with Crippen molar-refractivity contribution in [2.45, 2.75) is 58.9 Å². The van der Waals surface area contributed by atoms with Crippen molar-refractivity contribution in [3.8, 4) is 11.1 Å². The Morgan fingerprint density at radius 1 is 1.08 bits per heavy atom. The van der Waals surface area contributed by atoms with E-state index in [4.69, 9.17) is 0 Å². The molecule has 4 heteroatoms. The molecule has 1 aromatic carbocycles. The van der Waals surface area contributed by atoms with Crippen LogP contribution in [-0.4, -0.2) is 19.6 Å². The molecule has 4 nitrogen and oxygen atoms in total. The van der Waals surface area contributed by atoms with Crippen molar-refractivity contribution in [3.63, 3.8) is 0 Å². The maximum absolute atomic E-state index is 4.59. The van der Waals surface area contributed by atoms with E-state index in [1.54, 1.807) is 0 Å². The van der Waals surface area contributed by atoms with Crippen molar-refractivity contribution in [2.75, 3.05) is 0 Å². The highest BCUT2D eigenvalue weighted by atomic mass is 15.3. The topological polar surface area (TPSA) is 35.6 Å². The third kappa shape index (κ3) is 4.06. The van der Waals surface area contributed by atoms with E-state index < -0.39 is 0 Å². The molecule has 3 rings (SSSR count). The quantitative estimate of drug-likeness (QED) is 0.643. The van der Waals surface area contributed by atoms with E-state index in [2.05, 4.69) is 80.1 Å². The Balaban J connectivity index is 1.74. The second kappa shape index (κ2) is 7.10. The molecule has 1 unspecified atom stereocenters. The summed E-state index contributed by atoms with van der Waals surface area (Å²) in [4.78, 5) is 0. The summed E-state index contributed by atoms with van der Waals surface area (Å²) in [5.74, 6) is 0.474. The monoisotopic (exact) mass is 350 g/mol. The normalized spacial score (nSPS) is 13.2. The number of aromatic nitrogens is 4. The summed E-state index contributed by atoms with van der Waals surface area (Å²) in [5, 5.41) is 8.86. The first-order chi connectivity index (χ1) is 12.2. The number of hydrogen-bond donors (Lipinski definition) is 0. The molecule has 2 aromatic heterocycles. The Kier molecular flexibility index (Phi) is 5.03. The highest BCUT2D eigenvalue weighted by molar-refractivity contribution is 5.67. The summed E-state index contributed by atoms with van der Waals surface area (Å²) in [6, 6.07) is 6.77. The van der Waals surface area contributed by atoms with Gasteiger partial charge in [0, 0.05) is 31.5 Å². The van der Waals surface area contributed by atoms with Gasteiger partial charge in [-0.25, -0.2) is 0 Å². The molecule has 26 heavy (non-hydrogen) atoms. The van der Waals surface area contributed by atoms with Crippen LogP contribution in [0.4, 0.5) is 0 Å². The fourth-order valence-corrected chi connectivity index (χ4v) is 3.21. The molecular weight excluding hydrogens is 320 g/mol. The first-order valence-electron chi connectivity index (χ1n) is 9.36. The van der Waals surface area contributed by atoms with Gasteiger partial charge in [0.05, 0.1) is 12.4 Å². The second-order valence-electron chi connectivity index (χ2n) is 8.41. The summed E-state index contributed by atoms with van der Waals surface area (Å²) in [6.07, 6.45) is 9.27. The minimum Gasteiger partial charge on any atom is -0.276 e. The van der Waals surface area contributed by atoms with E-state index in [0.717, 1.165) is 13.0 Å². The highest BCUT2D eigenvalue weighted by Gasteiger charge is 2.16. The Morgan fingerprint density at radius 3 is 2.50 bits per heavy atom. The third-order valence-electron chi connectivity index (χ3n) is 5.13. The predicted octanol–water partition coefficient (Wildman–Crippen LogP) is 5.08. The first kappa shape index (κ1) is 18.4. The highest BCUT2D eigenvalue weighted by Crippen LogP contribution is 2.30. The van der Waals surface area contributed by atoms with Crippen molar-refractivity contribution in [1.82, 2.24) is 19.6 Å². The summed E-state index contributed by atoms with van der Waals surface area (Å²) < 4.78 is 3.92. The molecule has 2 heterocycles. The van der Waals surface area contributed by atoms with Crippen LogP contribution in [0, 0.1) is 6.92 Å². The minimum absolute atomic E-state index is 0.150. The van der Waals surface area contributed by atoms with Gasteiger partial charge in [-0.05, 0) is 46.9 Å². The van der Waals surface area contributed by atoms with E-state index in [-0.39, 0.29) is 5.41 Å². The van der Waals surface area contributed by atoms with Crippen LogP contribution in [0.3, 0.4) is 0 Å². The van der Waals surface area contributed by atoms with Crippen molar-refractivity contribution in [1.29, 1.82) is 0 Å². The molecule has 0 aliphatic heterocycles. The van der Waals surface area contributed by atoms with E-state index >= 15 is 0 Å². The molecule has 0 aliphatic rings. The van der Waals surface area contributed by atoms with Crippen molar-refractivity contribution in [3.05, 3.63) is 59.7 Å². The molecule has 0 saturated carbocycles. The Morgan fingerprint density at radius 2 is 1.85 bits per heavy atom. The van der Waals surface area contributed by atoms with Crippen LogP contribution in [-0.2, 0) is 19.0 Å². The average molecular weight is 351 g/mol. The Labute approximate surface area is 156 Å². The van der Waals surface area contributed by atoms with Gasteiger partial charge in [0.1, 0.15) is 0 Å². The molecule has 1 atom stereocenters. The second-order valence-corrected chi connectivity index (χ2v) is 8.41. The lowest BCUT2D eigenvalue weighted by atomic mass is 9.84. The van der Waals surface area contributed by atoms with Gasteiger partial charge in [0.25, 0.3) is 0 Å². The number of nitrogens with zero attached hydrogens (tertiary/aromatic N) is 4. The summed E-state index contributed by atoms with van der Waals surface area (Å²) >= 11 is 0. The maximum atomic E-state index is 4.59. The maximum Gasteiger partial charge on any atom is 0.0568 e. The zero-order valence-electron chi connectivity index (χ0n) is 16.8. The van der Waals surface area contributed by atoms with Crippen molar-refractivity contribution in [2.24, 2.45) is 7.05 Å². The molecule has 0 bridgehead atoms. The van der Waals surface area contributed by atoms with Gasteiger partial charge in [0.2, 0.25) is 0 Å². The Bertz CT molecular complexity index is 880. The van der Waals surface area contributed by atoms with Crippen LogP contribution in [0.25, 0.3) is 11.1 Å². The van der Waals surface area contributed by atoms with Gasteiger partial charge in [-0.1, -0.05) is 45.9 Å². The van der Waals surface area contributed by atoms with Crippen LogP contribution < -0.4 is 0 Å². The van der Waals surface area contributed by atoms with Gasteiger partial charge >= 0.3 is 0 Å². The lowest BCUT2D eigenvalue weighted by Gasteiger charge is -2.20. The van der Waals surface area contributed by atoms with Gasteiger partial charge in [0.15, 0.2) is 0 Å². The first-order valence-corrected chi connectivity index (χ1v) is 9.36. The fourth-order valence-electron chi connectivity index (χ4n) is 3.21. The smallest absolute Gasteiger partial charge is 0.0568 e. The van der Waals surface area contributed by atoms with Crippen molar-refractivity contribution < 1.29 is 0 Å². The van der Waals surface area contributed by atoms with E-state index in [9.17, 15) is 0 Å².